The Morgan fingerprint density at radius 1 is 0.586 bits per heavy atom. The smallest absolute Gasteiger partial charge is 0.221 e. The number of anilines is 1. The van der Waals surface area contributed by atoms with Crippen molar-refractivity contribution in [3.8, 4) is 45.1 Å². The lowest BCUT2D eigenvalue weighted by atomic mass is 10.0. The van der Waals surface area contributed by atoms with Gasteiger partial charge in [-0.25, -0.2) is 9.97 Å². The Kier molecular flexibility index (Phi) is 5.12. The topological polar surface area (TPSA) is 70.3 Å². The van der Waals surface area contributed by atoms with Crippen LogP contribution in [0.3, 0.4) is 0 Å². The van der Waals surface area contributed by atoms with E-state index in [-0.39, 0.29) is 5.95 Å². The number of hydrogen-bond donors (Lipinski definition) is 1. The van der Waals surface area contributed by atoms with Gasteiger partial charge in [-0.15, -0.1) is 0 Å². The molecule has 3 aromatic carbocycles. The van der Waals surface area contributed by atoms with Crippen LogP contribution in [0.25, 0.3) is 33.6 Å². The van der Waals surface area contributed by atoms with Crippen LogP contribution in [0.1, 0.15) is 0 Å². The Hall–Kier alpha value is -3.86. The number of nitrogen functional groups attached to an aromatic ring is 1. The van der Waals surface area contributed by atoms with Gasteiger partial charge in [0.1, 0.15) is 0 Å². The third kappa shape index (κ3) is 3.89. The second-order valence-electron chi connectivity index (χ2n) is 6.51. The zero-order valence-electron chi connectivity index (χ0n) is 16.3. The fourth-order valence-electron chi connectivity index (χ4n) is 3.22. The second-order valence-corrected chi connectivity index (χ2v) is 6.51. The first-order valence-corrected chi connectivity index (χ1v) is 9.21. The zero-order chi connectivity index (χ0) is 20.2. The minimum atomic E-state index is 0.222. The standard InChI is InChI=1S/C24H21N3O2/c1-28-22-13-12-19(14-23(22)29-2)21-15-20(26-24(25)27-21)18-10-8-17(9-11-18)16-6-4-3-5-7-16/h3-15H,1-2H3,(H2,25,26,27). The highest BCUT2D eigenvalue weighted by atomic mass is 16.5. The van der Waals surface area contributed by atoms with Gasteiger partial charge in [0, 0.05) is 11.1 Å². The number of rotatable bonds is 5. The van der Waals surface area contributed by atoms with Crippen LogP contribution in [-0.2, 0) is 0 Å². The van der Waals surface area contributed by atoms with Gasteiger partial charge in [0.25, 0.3) is 0 Å². The van der Waals surface area contributed by atoms with Gasteiger partial charge >= 0.3 is 0 Å². The first-order chi connectivity index (χ1) is 14.2. The van der Waals surface area contributed by atoms with Crippen LogP contribution >= 0.6 is 0 Å². The molecule has 144 valence electrons. The predicted octanol–water partition coefficient (Wildman–Crippen LogP) is 5.08. The van der Waals surface area contributed by atoms with Crippen molar-refractivity contribution in [2.75, 3.05) is 20.0 Å². The Balaban J connectivity index is 1.70. The van der Waals surface area contributed by atoms with Gasteiger partial charge in [0.05, 0.1) is 25.6 Å². The predicted molar refractivity (Wildman–Crippen MR) is 116 cm³/mol. The van der Waals surface area contributed by atoms with Crippen LogP contribution in [-0.4, -0.2) is 24.2 Å². The summed E-state index contributed by atoms with van der Waals surface area (Å²) in [7, 11) is 3.22. The van der Waals surface area contributed by atoms with E-state index in [0.29, 0.717) is 11.5 Å². The molecule has 5 nitrogen and oxygen atoms in total. The molecule has 0 amide bonds. The van der Waals surface area contributed by atoms with E-state index < -0.39 is 0 Å². The van der Waals surface area contributed by atoms with Gasteiger partial charge in [0.15, 0.2) is 11.5 Å². The van der Waals surface area contributed by atoms with Gasteiger partial charge in [0.2, 0.25) is 5.95 Å². The highest BCUT2D eigenvalue weighted by Crippen LogP contribution is 2.33. The van der Waals surface area contributed by atoms with Gasteiger partial charge in [-0.05, 0) is 35.4 Å². The van der Waals surface area contributed by atoms with Crippen LogP contribution in [0.15, 0.2) is 78.9 Å². The van der Waals surface area contributed by atoms with Crippen molar-refractivity contribution >= 4 is 5.95 Å². The zero-order valence-corrected chi connectivity index (χ0v) is 16.3. The van der Waals surface area contributed by atoms with Crippen LogP contribution in [0.4, 0.5) is 5.95 Å². The number of methoxy groups -OCH3 is 2. The first-order valence-electron chi connectivity index (χ1n) is 9.21. The van der Waals surface area contributed by atoms with Gasteiger partial charge in [-0.1, -0.05) is 54.6 Å². The van der Waals surface area contributed by atoms with Crippen LogP contribution in [0, 0.1) is 0 Å². The third-order valence-corrected chi connectivity index (χ3v) is 4.71. The molecule has 0 saturated heterocycles. The van der Waals surface area contributed by atoms with Gasteiger partial charge in [-0.2, -0.15) is 0 Å². The number of ether oxygens (including phenoxy) is 2. The number of hydrogen-bond acceptors (Lipinski definition) is 5. The van der Waals surface area contributed by atoms with Crippen molar-refractivity contribution in [1.82, 2.24) is 9.97 Å². The van der Waals surface area contributed by atoms with Crippen LogP contribution < -0.4 is 15.2 Å². The van der Waals surface area contributed by atoms with Crippen molar-refractivity contribution in [1.29, 1.82) is 0 Å². The summed E-state index contributed by atoms with van der Waals surface area (Å²) < 4.78 is 10.7. The van der Waals surface area contributed by atoms with E-state index in [9.17, 15) is 0 Å². The average Bonchev–Trinajstić information content (AvgIpc) is 2.79. The molecule has 0 aliphatic heterocycles. The van der Waals surface area contributed by atoms with Gasteiger partial charge < -0.3 is 15.2 Å². The molecule has 0 aliphatic carbocycles. The van der Waals surface area contributed by atoms with E-state index in [1.54, 1.807) is 14.2 Å². The fourth-order valence-corrected chi connectivity index (χ4v) is 3.22. The Labute approximate surface area is 169 Å². The highest BCUT2D eigenvalue weighted by molar-refractivity contribution is 5.73. The highest BCUT2D eigenvalue weighted by Gasteiger charge is 2.11. The minimum Gasteiger partial charge on any atom is -0.493 e. The molecule has 0 radical (unpaired) electrons. The molecule has 0 spiro atoms. The lowest BCUT2D eigenvalue weighted by Gasteiger charge is -2.11. The van der Waals surface area contributed by atoms with E-state index in [4.69, 9.17) is 15.2 Å². The normalized spacial score (nSPS) is 10.6. The SMILES string of the molecule is COc1ccc(-c2cc(-c3ccc(-c4ccccc4)cc3)nc(N)n2)cc1OC. The minimum absolute atomic E-state index is 0.222. The van der Waals surface area contributed by atoms with Crippen LogP contribution in [0.2, 0.25) is 0 Å². The molecule has 0 bridgehead atoms. The number of nitrogens with zero attached hydrogens (tertiary/aromatic N) is 2. The third-order valence-electron chi connectivity index (χ3n) is 4.71. The first kappa shape index (κ1) is 18.5. The maximum atomic E-state index is 6.00. The molecule has 0 atom stereocenters. The van der Waals surface area contributed by atoms with Crippen molar-refractivity contribution < 1.29 is 9.47 Å². The summed E-state index contributed by atoms with van der Waals surface area (Å²) in [5, 5.41) is 0. The maximum absolute atomic E-state index is 6.00. The molecular formula is C24H21N3O2. The molecule has 1 heterocycles. The largest absolute Gasteiger partial charge is 0.493 e. The van der Waals surface area contributed by atoms with Gasteiger partial charge in [-0.3, -0.25) is 0 Å². The van der Waals surface area contributed by atoms with E-state index >= 15 is 0 Å². The molecule has 5 heteroatoms. The lowest BCUT2D eigenvalue weighted by Crippen LogP contribution is -1.99. The summed E-state index contributed by atoms with van der Waals surface area (Å²) in [5.74, 6) is 1.52. The molecule has 1 aromatic heterocycles. The summed E-state index contributed by atoms with van der Waals surface area (Å²) in [4.78, 5) is 8.81. The molecule has 0 saturated carbocycles. The molecular weight excluding hydrogens is 362 g/mol. The van der Waals surface area contributed by atoms with E-state index in [0.717, 1.165) is 28.1 Å². The summed E-state index contributed by atoms with van der Waals surface area (Å²) in [6.07, 6.45) is 0. The average molecular weight is 383 g/mol. The molecule has 0 fully saturated rings. The summed E-state index contributed by atoms with van der Waals surface area (Å²) in [5.41, 5.74) is 11.7. The fraction of sp³-hybridized carbons (Fsp3) is 0.0833. The molecule has 4 rings (SSSR count). The molecule has 0 aliphatic rings. The number of benzene rings is 3. The van der Waals surface area contributed by atoms with E-state index in [1.807, 2.05) is 54.6 Å². The summed E-state index contributed by atoms with van der Waals surface area (Å²) in [6, 6.07) is 26.1. The van der Waals surface area contributed by atoms with Crippen molar-refractivity contribution in [3.05, 3.63) is 78.9 Å². The summed E-state index contributed by atoms with van der Waals surface area (Å²) >= 11 is 0. The second kappa shape index (κ2) is 8.02. The number of aromatic nitrogens is 2. The van der Waals surface area contributed by atoms with Crippen molar-refractivity contribution in [2.45, 2.75) is 0 Å². The monoisotopic (exact) mass is 383 g/mol. The van der Waals surface area contributed by atoms with Crippen molar-refractivity contribution in [3.63, 3.8) is 0 Å². The molecule has 29 heavy (non-hydrogen) atoms. The Morgan fingerprint density at radius 3 is 1.79 bits per heavy atom. The Bertz CT molecular complexity index is 1130. The van der Waals surface area contributed by atoms with E-state index in [2.05, 4.69) is 34.2 Å². The Morgan fingerprint density at radius 2 is 1.14 bits per heavy atom. The van der Waals surface area contributed by atoms with Crippen molar-refractivity contribution in [2.24, 2.45) is 0 Å². The number of nitrogens with two attached hydrogens (primary N) is 1. The molecule has 0 unspecified atom stereocenters. The molecule has 2 N–H and O–H groups in total. The molecule has 4 aromatic rings. The lowest BCUT2D eigenvalue weighted by molar-refractivity contribution is 0.355. The quantitative estimate of drug-likeness (QED) is 0.521. The summed E-state index contributed by atoms with van der Waals surface area (Å²) in [6.45, 7) is 0. The van der Waals surface area contributed by atoms with E-state index in [1.165, 1.54) is 5.56 Å². The van der Waals surface area contributed by atoms with Crippen LogP contribution in [0.5, 0.6) is 11.5 Å². The maximum Gasteiger partial charge on any atom is 0.221 e.